The quantitative estimate of drug-likeness (QED) is 0.166. The molecule has 0 saturated carbocycles. The van der Waals surface area contributed by atoms with Gasteiger partial charge in [0, 0.05) is 19.2 Å². The number of urea groups is 1. The van der Waals surface area contributed by atoms with Gasteiger partial charge in [0.1, 0.15) is 5.60 Å². The third-order valence-electron chi connectivity index (χ3n) is 4.48. The van der Waals surface area contributed by atoms with Crippen LogP contribution in [0.15, 0.2) is 24.3 Å². The lowest BCUT2D eigenvalue weighted by Gasteiger charge is -2.27. The number of carbonyl (C=O) groups is 2. The zero-order valence-corrected chi connectivity index (χ0v) is 19.3. The molecule has 1 aromatic carbocycles. The number of carbonyl (C=O) groups excluding carboxylic acids is 2. The minimum Gasteiger partial charge on any atom is -0.457 e. The molecule has 1 rings (SSSR count). The van der Waals surface area contributed by atoms with Crippen LogP contribution in [0.4, 0.5) is 16.2 Å². The van der Waals surface area contributed by atoms with Crippen LogP contribution in [0.25, 0.3) is 5.57 Å². The predicted octanol–water partition coefficient (Wildman–Crippen LogP) is 4.83. The van der Waals surface area contributed by atoms with Crippen molar-refractivity contribution in [2.75, 3.05) is 23.3 Å². The molecule has 0 unspecified atom stereocenters. The van der Waals surface area contributed by atoms with E-state index in [4.69, 9.17) is 10.6 Å². The minimum atomic E-state index is -0.553. The SMILES string of the molecule is CCCCN(CCCC)c1ccc(/C(C)=C/C(=O)OC(C)(C)C)cc1NC(=O)NN. The van der Waals surface area contributed by atoms with Crippen molar-refractivity contribution >= 4 is 28.9 Å². The van der Waals surface area contributed by atoms with Gasteiger partial charge in [-0.25, -0.2) is 15.4 Å². The Bertz CT molecular complexity index is 730. The van der Waals surface area contributed by atoms with Crippen molar-refractivity contribution in [2.24, 2.45) is 5.84 Å². The van der Waals surface area contributed by atoms with Crippen molar-refractivity contribution in [3.63, 3.8) is 0 Å². The number of nitrogens with two attached hydrogens (primary N) is 1. The number of amides is 2. The van der Waals surface area contributed by atoms with Crippen LogP contribution in [-0.4, -0.2) is 30.7 Å². The van der Waals surface area contributed by atoms with Crippen LogP contribution in [0.1, 0.15) is 72.8 Å². The van der Waals surface area contributed by atoms with E-state index < -0.39 is 17.6 Å². The first-order valence-electron chi connectivity index (χ1n) is 10.7. The summed E-state index contributed by atoms with van der Waals surface area (Å²) in [5.74, 6) is 4.88. The molecule has 1 aromatic rings. The summed E-state index contributed by atoms with van der Waals surface area (Å²) in [6.45, 7) is 13.5. The second-order valence-corrected chi connectivity index (χ2v) is 8.39. The molecular weight excluding hydrogens is 380 g/mol. The van der Waals surface area contributed by atoms with Crippen molar-refractivity contribution in [1.82, 2.24) is 5.43 Å². The molecule has 0 spiro atoms. The van der Waals surface area contributed by atoms with E-state index in [9.17, 15) is 9.59 Å². The van der Waals surface area contributed by atoms with Gasteiger partial charge in [0.05, 0.1) is 11.4 Å². The summed E-state index contributed by atoms with van der Waals surface area (Å²) in [4.78, 5) is 26.4. The Labute approximate surface area is 181 Å². The highest BCUT2D eigenvalue weighted by Gasteiger charge is 2.17. The van der Waals surface area contributed by atoms with Crippen molar-refractivity contribution in [1.29, 1.82) is 0 Å². The molecular formula is C23H38N4O3. The fourth-order valence-corrected chi connectivity index (χ4v) is 2.96. The van der Waals surface area contributed by atoms with Gasteiger partial charge in [-0.2, -0.15) is 0 Å². The lowest BCUT2D eigenvalue weighted by atomic mass is 10.0. The molecule has 0 saturated heterocycles. The smallest absolute Gasteiger partial charge is 0.333 e. The number of hydrogen-bond acceptors (Lipinski definition) is 5. The van der Waals surface area contributed by atoms with Crippen LogP contribution in [0.5, 0.6) is 0 Å². The van der Waals surface area contributed by atoms with E-state index in [1.165, 1.54) is 6.08 Å². The molecule has 0 atom stereocenters. The Morgan fingerprint density at radius 3 is 2.23 bits per heavy atom. The summed E-state index contributed by atoms with van der Waals surface area (Å²) < 4.78 is 5.37. The number of allylic oxidation sites excluding steroid dienone is 1. The topological polar surface area (TPSA) is 96.7 Å². The van der Waals surface area contributed by atoms with Gasteiger partial charge in [-0.3, -0.25) is 5.43 Å². The molecule has 0 bridgehead atoms. The van der Waals surface area contributed by atoms with Crippen molar-refractivity contribution in [2.45, 2.75) is 72.8 Å². The Morgan fingerprint density at radius 1 is 1.13 bits per heavy atom. The van der Waals surface area contributed by atoms with Gasteiger partial charge in [0.25, 0.3) is 0 Å². The second kappa shape index (κ2) is 12.2. The van der Waals surface area contributed by atoms with Crippen LogP contribution in [0.2, 0.25) is 0 Å². The lowest BCUT2D eigenvalue weighted by molar-refractivity contribution is -0.148. The number of anilines is 2. The zero-order chi connectivity index (χ0) is 22.7. The highest BCUT2D eigenvalue weighted by molar-refractivity contribution is 5.95. The van der Waals surface area contributed by atoms with E-state index >= 15 is 0 Å². The third-order valence-corrected chi connectivity index (χ3v) is 4.48. The van der Waals surface area contributed by atoms with Crippen molar-refractivity contribution in [3.8, 4) is 0 Å². The highest BCUT2D eigenvalue weighted by atomic mass is 16.6. The number of rotatable bonds is 10. The van der Waals surface area contributed by atoms with E-state index in [-0.39, 0.29) is 0 Å². The van der Waals surface area contributed by atoms with Crippen molar-refractivity contribution < 1.29 is 14.3 Å². The van der Waals surface area contributed by atoms with E-state index in [0.717, 1.165) is 55.6 Å². The molecule has 0 heterocycles. The first-order valence-corrected chi connectivity index (χ1v) is 10.7. The van der Waals surface area contributed by atoms with Gasteiger partial charge >= 0.3 is 12.0 Å². The molecule has 0 aliphatic heterocycles. The first-order chi connectivity index (χ1) is 14.1. The average Bonchev–Trinajstić information content (AvgIpc) is 2.66. The summed E-state index contributed by atoms with van der Waals surface area (Å²) in [5.41, 5.74) is 4.73. The second-order valence-electron chi connectivity index (χ2n) is 8.39. The number of benzene rings is 1. The lowest BCUT2D eigenvalue weighted by Crippen LogP contribution is -2.35. The Hall–Kier alpha value is -2.54. The maximum absolute atomic E-state index is 12.2. The Kier molecular flexibility index (Phi) is 10.4. The van der Waals surface area contributed by atoms with Crippen molar-refractivity contribution in [3.05, 3.63) is 29.8 Å². The number of ether oxygens (including phenoxy) is 1. The van der Waals surface area contributed by atoms with Gasteiger partial charge < -0.3 is 15.0 Å². The third kappa shape index (κ3) is 8.86. The van der Waals surface area contributed by atoms with Gasteiger partial charge in [0.15, 0.2) is 0 Å². The normalized spacial score (nSPS) is 11.8. The number of unbranched alkanes of at least 4 members (excludes halogenated alkanes) is 2. The molecule has 7 heteroatoms. The highest BCUT2D eigenvalue weighted by Crippen LogP contribution is 2.31. The van der Waals surface area contributed by atoms with Crippen LogP contribution < -0.4 is 21.5 Å². The molecule has 0 aliphatic rings. The van der Waals surface area contributed by atoms with Crippen LogP contribution in [0.3, 0.4) is 0 Å². The monoisotopic (exact) mass is 418 g/mol. The first kappa shape index (κ1) is 25.5. The minimum absolute atomic E-state index is 0.397. The average molecular weight is 419 g/mol. The molecule has 4 N–H and O–H groups in total. The molecule has 0 aliphatic carbocycles. The summed E-state index contributed by atoms with van der Waals surface area (Å²) in [6, 6.07) is 5.32. The predicted molar refractivity (Wildman–Crippen MR) is 124 cm³/mol. The van der Waals surface area contributed by atoms with Crippen LogP contribution in [0, 0.1) is 0 Å². The number of hydrogen-bond donors (Lipinski definition) is 3. The molecule has 0 aromatic heterocycles. The summed E-state index contributed by atoms with van der Waals surface area (Å²) in [5, 5.41) is 2.82. The van der Waals surface area contributed by atoms with E-state index in [2.05, 4.69) is 29.5 Å². The Morgan fingerprint density at radius 2 is 1.73 bits per heavy atom. The Balaban J connectivity index is 3.27. The zero-order valence-electron chi connectivity index (χ0n) is 19.3. The van der Waals surface area contributed by atoms with Gasteiger partial charge in [-0.05, 0) is 63.8 Å². The van der Waals surface area contributed by atoms with E-state index in [1.807, 2.05) is 45.9 Å². The van der Waals surface area contributed by atoms with Crippen LogP contribution in [-0.2, 0) is 9.53 Å². The molecule has 7 nitrogen and oxygen atoms in total. The maximum atomic E-state index is 12.2. The maximum Gasteiger partial charge on any atom is 0.333 e. The van der Waals surface area contributed by atoms with Crippen LogP contribution >= 0.6 is 0 Å². The fourth-order valence-electron chi connectivity index (χ4n) is 2.96. The summed E-state index contributed by atoms with van der Waals surface area (Å²) in [6.07, 6.45) is 5.77. The van der Waals surface area contributed by atoms with Gasteiger partial charge in [0.2, 0.25) is 0 Å². The van der Waals surface area contributed by atoms with E-state index in [1.54, 1.807) is 0 Å². The van der Waals surface area contributed by atoms with E-state index in [0.29, 0.717) is 5.69 Å². The van der Waals surface area contributed by atoms with Gasteiger partial charge in [-0.1, -0.05) is 32.8 Å². The molecule has 0 fully saturated rings. The summed E-state index contributed by atoms with van der Waals surface area (Å²) in [7, 11) is 0. The molecule has 0 radical (unpaired) electrons. The number of esters is 1. The fraction of sp³-hybridized carbons (Fsp3) is 0.565. The largest absolute Gasteiger partial charge is 0.457 e. The number of hydrazine groups is 1. The molecule has 2 amide bonds. The molecule has 168 valence electrons. The number of nitrogens with zero attached hydrogens (tertiary/aromatic N) is 1. The molecule has 30 heavy (non-hydrogen) atoms. The summed E-state index contributed by atoms with van der Waals surface area (Å²) >= 11 is 0. The van der Waals surface area contributed by atoms with Gasteiger partial charge in [-0.15, -0.1) is 0 Å². The number of nitrogens with one attached hydrogen (secondary N) is 2. The standard InChI is InChI=1S/C23H38N4O3/c1-7-9-13-27(14-10-8-2)20-12-11-18(16-19(20)25-22(29)26-24)17(3)15-21(28)30-23(4,5)6/h11-12,15-16H,7-10,13-14,24H2,1-6H3,(H2,25,26,29)/b17-15+.